The van der Waals surface area contributed by atoms with Gasteiger partial charge >= 0.3 is 0 Å². The zero-order valence-corrected chi connectivity index (χ0v) is 18.7. The van der Waals surface area contributed by atoms with E-state index in [0.717, 1.165) is 29.5 Å². The molecule has 7 nitrogen and oxygen atoms in total. The minimum Gasteiger partial charge on any atom is -0.324 e. The maximum Gasteiger partial charge on any atom is 0.237 e. The number of hydrogen-bond donors (Lipinski definition) is 1. The first-order valence-electron chi connectivity index (χ1n) is 11.0. The lowest BCUT2D eigenvalue weighted by atomic mass is 9.89. The van der Waals surface area contributed by atoms with E-state index in [9.17, 15) is 9.59 Å². The molecule has 1 aliphatic carbocycles. The summed E-state index contributed by atoms with van der Waals surface area (Å²) in [4.78, 5) is 27.2. The van der Waals surface area contributed by atoms with Crippen LogP contribution in [0.25, 0.3) is 0 Å². The van der Waals surface area contributed by atoms with Crippen molar-refractivity contribution in [2.45, 2.75) is 69.1 Å². The van der Waals surface area contributed by atoms with E-state index < -0.39 is 0 Å². The van der Waals surface area contributed by atoms with Crippen LogP contribution in [0.5, 0.6) is 0 Å². The first kappa shape index (κ1) is 21.6. The Hall–Kier alpha value is -2.61. The van der Waals surface area contributed by atoms with Crippen LogP contribution < -0.4 is 10.2 Å². The number of amides is 2. The molecule has 1 N–H and O–H groups in total. The molecule has 1 fully saturated rings. The number of para-hydroxylation sites is 2. The molecule has 8 heteroatoms. The smallest absolute Gasteiger partial charge is 0.237 e. The third kappa shape index (κ3) is 4.69. The molecular weight excluding hydrogens is 410 g/mol. The second-order valence-corrected chi connectivity index (χ2v) is 9.19. The van der Waals surface area contributed by atoms with Gasteiger partial charge in [0.15, 0.2) is 5.16 Å². The van der Waals surface area contributed by atoms with Gasteiger partial charge in [0, 0.05) is 24.9 Å². The average molecular weight is 440 g/mol. The molecule has 1 aromatic carbocycles. The maximum atomic E-state index is 13.3. The van der Waals surface area contributed by atoms with Crippen LogP contribution >= 0.6 is 11.8 Å². The molecule has 164 valence electrons. The highest BCUT2D eigenvalue weighted by molar-refractivity contribution is 7.99. The molecule has 2 amide bonds. The average Bonchev–Trinajstić information content (AvgIpc) is 3.11. The topological polar surface area (TPSA) is 80.1 Å². The SMILES string of the molecule is C=CCn1c(SCC(=O)N2c3ccccc3NC(=O)CC2C)nnc1C1CCCCC1. The van der Waals surface area contributed by atoms with E-state index >= 15 is 0 Å². The Balaban J connectivity index is 1.52. The summed E-state index contributed by atoms with van der Waals surface area (Å²) in [6.45, 7) is 6.43. The summed E-state index contributed by atoms with van der Waals surface area (Å²) >= 11 is 1.40. The normalized spacial score (nSPS) is 19.5. The summed E-state index contributed by atoms with van der Waals surface area (Å²) in [5, 5.41) is 12.6. The van der Waals surface area contributed by atoms with Gasteiger partial charge in [0.1, 0.15) is 5.82 Å². The Morgan fingerprint density at radius 3 is 2.81 bits per heavy atom. The lowest BCUT2D eigenvalue weighted by Crippen LogP contribution is -2.40. The number of hydrogen-bond acceptors (Lipinski definition) is 5. The van der Waals surface area contributed by atoms with Crippen LogP contribution in [0.4, 0.5) is 11.4 Å². The third-order valence-corrected chi connectivity index (χ3v) is 6.93. The molecule has 1 unspecified atom stereocenters. The summed E-state index contributed by atoms with van der Waals surface area (Å²) in [5.41, 5.74) is 1.41. The molecule has 2 aliphatic rings. The Bertz CT molecular complexity index is 967. The van der Waals surface area contributed by atoms with E-state index in [-0.39, 0.29) is 30.0 Å². The number of thioether (sulfide) groups is 1. The first-order valence-corrected chi connectivity index (χ1v) is 11.9. The van der Waals surface area contributed by atoms with Gasteiger partial charge in [-0.15, -0.1) is 16.8 Å². The molecule has 0 radical (unpaired) electrons. The predicted octanol–water partition coefficient (Wildman–Crippen LogP) is 4.37. The Kier molecular flexibility index (Phi) is 6.75. The summed E-state index contributed by atoms with van der Waals surface area (Å²) < 4.78 is 2.10. The first-order chi connectivity index (χ1) is 15.1. The van der Waals surface area contributed by atoms with Crippen LogP contribution in [0.2, 0.25) is 0 Å². The zero-order valence-electron chi connectivity index (χ0n) is 17.9. The van der Waals surface area contributed by atoms with Crippen molar-refractivity contribution in [3.63, 3.8) is 0 Å². The fourth-order valence-corrected chi connectivity index (χ4v) is 5.35. The molecular formula is C23H29N5O2S. The summed E-state index contributed by atoms with van der Waals surface area (Å²) in [5.74, 6) is 1.55. The molecule has 0 bridgehead atoms. The van der Waals surface area contributed by atoms with E-state index in [1.807, 2.05) is 37.3 Å². The van der Waals surface area contributed by atoms with Crippen LogP contribution in [0, 0.1) is 0 Å². The van der Waals surface area contributed by atoms with Gasteiger partial charge in [0.2, 0.25) is 11.8 Å². The highest BCUT2D eigenvalue weighted by Gasteiger charge is 2.30. The van der Waals surface area contributed by atoms with Gasteiger partial charge in [0.05, 0.1) is 17.1 Å². The quantitative estimate of drug-likeness (QED) is 0.534. The molecule has 1 saturated carbocycles. The number of aromatic nitrogens is 3. The highest BCUT2D eigenvalue weighted by Crippen LogP contribution is 2.34. The lowest BCUT2D eigenvalue weighted by Gasteiger charge is -2.27. The number of carbonyl (C=O) groups is 2. The molecule has 4 rings (SSSR count). The third-order valence-electron chi connectivity index (χ3n) is 5.98. The fraction of sp³-hybridized carbons (Fsp3) is 0.478. The largest absolute Gasteiger partial charge is 0.324 e. The fourth-order valence-electron chi connectivity index (χ4n) is 4.53. The van der Waals surface area contributed by atoms with Crippen molar-refractivity contribution in [1.82, 2.24) is 14.8 Å². The van der Waals surface area contributed by atoms with Crippen LogP contribution in [-0.4, -0.2) is 38.4 Å². The number of anilines is 2. The summed E-state index contributed by atoms with van der Waals surface area (Å²) in [6, 6.07) is 7.22. The molecule has 2 heterocycles. The van der Waals surface area contributed by atoms with Crippen molar-refractivity contribution < 1.29 is 9.59 Å². The maximum absolute atomic E-state index is 13.3. The van der Waals surface area contributed by atoms with E-state index in [4.69, 9.17) is 0 Å². The number of fused-ring (bicyclic) bond motifs is 1. The van der Waals surface area contributed by atoms with Crippen LogP contribution in [-0.2, 0) is 16.1 Å². The van der Waals surface area contributed by atoms with Crippen LogP contribution in [0.1, 0.15) is 57.2 Å². The summed E-state index contributed by atoms with van der Waals surface area (Å²) in [7, 11) is 0. The summed E-state index contributed by atoms with van der Waals surface area (Å²) in [6.07, 6.45) is 8.14. The van der Waals surface area contributed by atoms with Gasteiger partial charge in [-0.25, -0.2) is 0 Å². The molecule has 0 spiro atoms. The van der Waals surface area contributed by atoms with Gasteiger partial charge in [-0.1, -0.05) is 49.2 Å². The molecule has 1 aliphatic heterocycles. The zero-order chi connectivity index (χ0) is 21.8. The predicted molar refractivity (Wildman–Crippen MR) is 123 cm³/mol. The van der Waals surface area contributed by atoms with Crippen molar-refractivity contribution >= 4 is 35.0 Å². The van der Waals surface area contributed by atoms with Gasteiger partial charge in [-0.2, -0.15) is 0 Å². The number of nitrogens with one attached hydrogen (secondary N) is 1. The molecule has 1 atom stereocenters. The van der Waals surface area contributed by atoms with Crippen molar-refractivity contribution in [2.75, 3.05) is 16.0 Å². The molecule has 1 aromatic heterocycles. The van der Waals surface area contributed by atoms with Gasteiger partial charge in [0.25, 0.3) is 0 Å². The van der Waals surface area contributed by atoms with Crippen LogP contribution in [0.3, 0.4) is 0 Å². The lowest BCUT2D eigenvalue weighted by molar-refractivity contribution is -0.117. The van der Waals surface area contributed by atoms with Gasteiger partial charge in [-0.05, 0) is 31.9 Å². The second kappa shape index (κ2) is 9.68. The molecule has 31 heavy (non-hydrogen) atoms. The monoisotopic (exact) mass is 439 g/mol. The molecule has 0 saturated heterocycles. The van der Waals surface area contributed by atoms with Crippen molar-refractivity contribution in [2.24, 2.45) is 0 Å². The Morgan fingerprint density at radius 2 is 2.03 bits per heavy atom. The second-order valence-electron chi connectivity index (χ2n) is 8.25. The van der Waals surface area contributed by atoms with Crippen molar-refractivity contribution in [3.8, 4) is 0 Å². The van der Waals surface area contributed by atoms with E-state index in [2.05, 4.69) is 26.7 Å². The number of carbonyl (C=O) groups excluding carboxylic acids is 2. The van der Waals surface area contributed by atoms with Gasteiger partial charge < -0.3 is 14.8 Å². The molecule has 2 aromatic rings. The van der Waals surface area contributed by atoms with E-state index in [1.54, 1.807) is 4.90 Å². The van der Waals surface area contributed by atoms with E-state index in [0.29, 0.717) is 18.2 Å². The Morgan fingerprint density at radius 1 is 1.26 bits per heavy atom. The van der Waals surface area contributed by atoms with Crippen LogP contribution in [0.15, 0.2) is 42.1 Å². The Labute approximate surface area is 187 Å². The van der Waals surface area contributed by atoms with Crippen molar-refractivity contribution in [1.29, 1.82) is 0 Å². The standard InChI is InChI=1S/C23H29N5O2S/c1-3-13-27-22(17-9-5-4-6-10-17)25-26-23(27)31-15-21(30)28-16(2)14-20(29)24-18-11-7-8-12-19(18)28/h3,7-8,11-12,16-17H,1,4-6,9-10,13-15H2,2H3,(H,24,29). The number of benzene rings is 1. The minimum absolute atomic E-state index is 0.0474. The van der Waals surface area contributed by atoms with Gasteiger partial charge in [-0.3, -0.25) is 9.59 Å². The number of rotatable bonds is 6. The number of allylic oxidation sites excluding steroid dienone is 1. The minimum atomic E-state index is -0.222. The van der Waals surface area contributed by atoms with Crippen molar-refractivity contribution in [3.05, 3.63) is 42.7 Å². The number of nitrogens with zero attached hydrogens (tertiary/aromatic N) is 4. The van der Waals surface area contributed by atoms with E-state index in [1.165, 1.54) is 31.0 Å². The highest BCUT2D eigenvalue weighted by atomic mass is 32.2.